The van der Waals surface area contributed by atoms with E-state index in [1.54, 1.807) is 18.1 Å². The zero-order chi connectivity index (χ0) is 16.6. The molecule has 0 spiro atoms. The number of nitrogens with zero attached hydrogens (tertiary/aromatic N) is 4. The van der Waals surface area contributed by atoms with E-state index in [1.807, 2.05) is 12.3 Å². The van der Waals surface area contributed by atoms with Crippen molar-refractivity contribution >= 4 is 45.8 Å². The van der Waals surface area contributed by atoms with E-state index in [4.69, 9.17) is 11.6 Å². The molecule has 1 fully saturated rings. The van der Waals surface area contributed by atoms with Crippen LogP contribution >= 0.6 is 23.5 Å². The number of fused-ring (bicyclic) bond motifs is 1. The summed E-state index contributed by atoms with van der Waals surface area (Å²) < 4.78 is 2.27. The second-order valence-electron chi connectivity index (χ2n) is 5.14. The quantitative estimate of drug-likeness (QED) is 0.515. The van der Waals surface area contributed by atoms with Crippen LogP contribution in [0.25, 0.3) is 10.9 Å². The van der Waals surface area contributed by atoms with Crippen molar-refractivity contribution < 1.29 is 10.0 Å². The molecule has 3 rings (SSSR count). The molecular weight excluding hydrogens is 340 g/mol. The number of aromatic nitrogens is 1. The highest BCUT2D eigenvalue weighted by atomic mass is 35.5. The Kier molecular flexibility index (Phi) is 4.47. The number of pyridine rings is 1. The molecule has 0 amide bonds. The molecule has 1 N–H and O–H groups in total. The molecule has 1 aromatic heterocycles. The van der Waals surface area contributed by atoms with Crippen molar-refractivity contribution in [3.63, 3.8) is 0 Å². The zero-order valence-electron chi connectivity index (χ0n) is 12.4. The number of benzene rings is 1. The lowest BCUT2D eigenvalue weighted by Crippen LogP contribution is -2.43. The standard InChI is InChI=1S/C14H15ClN4O3S/c1-23-18-6-4-17(5-7-18)10-2-3-16-13-12(10)9(15)8-11(14(13)20)19(21)22/h2-3,8,20H,4-7H2,1H3. The van der Waals surface area contributed by atoms with E-state index < -0.39 is 16.4 Å². The summed E-state index contributed by atoms with van der Waals surface area (Å²) in [6, 6.07) is 3.01. The van der Waals surface area contributed by atoms with E-state index in [-0.39, 0.29) is 10.5 Å². The summed E-state index contributed by atoms with van der Waals surface area (Å²) in [5, 5.41) is 21.9. The number of nitro groups is 1. The Balaban J connectivity index is 2.09. The number of nitro benzene ring substituents is 1. The van der Waals surface area contributed by atoms with Crippen LogP contribution in [0.4, 0.5) is 11.4 Å². The number of piperazine rings is 1. The van der Waals surface area contributed by atoms with E-state index in [1.165, 1.54) is 6.07 Å². The molecule has 9 heteroatoms. The topological polar surface area (TPSA) is 82.7 Å². The smallest absolute Gasteiger partial charge is 0.314 e. The first-order valence-corrected chi connectivity index (χ1v) is 8.57. The maximum Gasteiger partial charge on any atom is 0.314 e. The Morgan fingerprint density at radius 1 is 1.39 bits per heavy atom. The van der Waals surface area contributed by atoms with Crippen molar-refractivity contribution in [3.05, 3.63) is 33.5 Å². The Bertz CT molecular complexity index is 765. The third-order valence-electron chi connectivity index (χ3n) is 3.93. The van der Waals surface area contributed by atoms with Crippen LogP contribution in [-0.4, -0.2) is 51.8 Å². The Morgan fingerprint density at radius 3 is 2.70 bits per heavy atom. The number of phenols is 1. The normalized spacial score (nSPS) is 16.0. The Morgan fingerprint density at radius 2 is 2.09 bits per heavy atom. The number of halogens is 1. The van der Waals surface area contributed by atoms with Crippen molar-refractivity contribution in [2.45, 2.75) is 0 Å². The molecule has 2 aromatic rings. The molecule has 122 valence electrons. The summed E-state index contributed by atoms with van der Waals surface area (Å²) in [7, 11) is 0. The van der Waals surface area contributed by atoms with Gasteiger partial charge in [-0.1, -0.05) is 23.5 Å². The highest BCUT2D eigenvalue weighted by Crippen LogP contribution is 2.42. The third-order valence-corrected chi connectivity index (χ3v) is 5.11. The summed E-state index contributed by atoms with van der Waals surface area (Å²) in [4.78, 5) is 16.6. The van der Waals surface area contributed by atoms with Gasteiger partial charge in [-0.15, -0.1) is 0 Å². The van der Waals surface area contributed by atoms with Crippen molar-refractivity contribution in [1.82, 2.24) is 9.29 Å². The third kappa shape index (κ3) is 2.89. The van der Waals surface area contributed by atoms with Gasteiger partial charge in [-0.25, -0.2) is 4.31 Å². The van der Waals surface area contributed by atoms with Crippen LogP contribution in [0.1, 0.15) is 0 Å². The fourth-order valence-electron chi connectivity index (χ4n) is 2.76. The summed E-state index contributed by atoms with van der Waals surface area (Å²) in [6.45, 7) is 3.44. The molecule has 0 atom stereocenters. The average Bonchev–Trinajstić information content (AvgIpc) is 2.57. The summed E-state index contributed by atoms with van der Waals surface area (Å²) in [6.07, 6.45) is 3.59. The van der Waals surface area contributed by atoms with Crippen LogP contribution in [0, 0.1) is 10.1 Å². The highest BCUT2D eigenvalue weighted by molar-refractivity contribution is 7.96. The van der Waals surface area contributed by atoms with E-state index in [2.05, 4.69) is 14.2 Å². The molecule has 1 saturated heterocycles. The molecule has 1 aliphatic rings. The van der Waals surface area contributed by atoms with Crippen LogP contribution in [0.15, 0.2) is 18.3 Å². The van der Waals surface area contributed by atoms with Crippen LogP contribution in [0.3, 0.4) is 0 Å². The number of hydrogen-bond donors (Lipinski definition) is 1. The maximum atomic E-state index is 11.0. The van der Waals surface area contributed by atoms with Gasteiger partial charge >= 0.3 is 5.69 Å². The van der Waals surface area contributed by atoms with Crippen LogP contribution in [-0.2, 0) is 0 Å². The molecule has 7 nitrogen and oxygen atoms in total. The molecule has 2 heterocycles. The molecule has 1 aliphatic heterocycles. The van der Waals surface area contributed by atoms with Crippen LogP contribution < -0.4 is 4.90 Å². The van der Waals surface area contributed by atoms with Gasteiger partial charge in [0.05, 0.1) is 9.95 Å². The SMILES string of the molecule is CSN1CCN(c2ccnc3c(O)c([N+](=O)[O-])cc(Cl)c23)CC1. The van der Waals surface area contributed by atoms with E-state index in [0.29, 0.717) is 5.39 Å². The van der Waals surface area contributed by atoms with Gasteiger partial charge in [0.15, 0.2) is 0 Å². The molecule has 0 unspecified atom stereocenters. The minimum atomic E-state index is -0.660. The van der Waals surface area contributed by atoms with E-state index in [9.17, 15) is 15.2 Å². The Hall–Kier alpha value is -1.77. The molecule has 1 aromatic carbocycles. The molecule has 23 heavy (non-hydrogen) atoms. The minimum absolute atomic E-state index is 0.161. The van der Waals surface area contributed by atoms with Crippen LogP contribution in [0.5, 0.6) is 5.75 Å². The lowest BCUT2D eigenvalue weighted by Gasteiger charge is -2.35. The highest BCUT2D eigenvalue weighted by Gasteiger charge is 2.25. The monoisotopic (exact) mass is 354 g/mol. The predicted octanol–water partition coefficient (Wildman–Crippen LogP) is 2.90. The number of aromatic hydroxyl groups is 1. The molecule has 0 aliphatic carbocycles. The van der Waals surface area contributed by atoms with Gasteiger partial charge < -0.3 is 10.0 Å². The van der Waals surface area contributed by atoms with Gasteiger partial charge in [0, 0.05) is 49.5 Å². The van der Waals surface area contributed by atoms with Gasteiger partial charge in [-0.2, -0.15) is 0 Å². The molecule has 0 radical (unpaired) electrons. The fraction of sp³-hybridized carbons (Fsp3) is 0.357. The molecule has 0 bridgehead atoms. The largest absolute Gasteiger partial charge is 0.501 e. The maximum absolute atomic E-state index is 11.0. The van der Waals surface area contributed by atoms with Gasteiger partial charge in [-0.05, 0) is 12.3 Å². The van der Waals surface area contributed by atoms with Gasteiger partial charge in [0.2, 0.25) is 5.75 Å². The lowest BCUT2D eigenvalue weighted by molar-refractivity contribution is -0.385. The number of phenolic OH excluding ortho intramolecular Hbond substituents is 1. The van der Waals surface area contributed by atoms with Crippen molar-refractivity contribution in [2.24, 2.45) is 0 Å². The number of rotatable bonds is 3. The second kappa shape index (κ2) is 6.38. The first kappa shape index (κ1) is 16.1. The van der Waals surface area contributed by atoms with Crippen molar-refractivity contribution in [2.75, 3.05) is 37.3 Å². The molecule has 0 saturated carbocycles. The van der Waals surface area contributed by atoms with Gasteiger partial charge in [0.25, 0.3) is 0 Å². The van der Waals surface area contributed by atoms with Crippen molar-refractivity contribution in [1.29, 1.82) is 0 Å². The Labute approximate surface area is 142 Å². The fourth-order valence-corrected chi connectivity index (χ4v) is 3.58. The number of anilines is 1. The van der Waals surface area contributed by atoms with Gasteiger partial charge in [-0.3, -0.25) is 15.1 Å². The van der Waals surface area contributed by atoms with Crippen molar-refractivity contribution in [3.8, 4) is 5.75 Å². The van der Waals surface area contributed by atoms with E-state index >= 15 is 0 Å². The van der Waals surface area contributed by atoms with Crippen LogP contribution in [0.2, 0.25) is 5.02 Å². The summed E-state index contributed by atoms with van der Waals surface area (Å²) in [5.74, 6) is -0.445. The average molecular weight is 355 g/mol. The lowest BCUT2D eigenvalue weighted by atomic mass is 10.1. The van der Waals surface area contributed by atoms with Gasteiger partial charge in [0.1, 0.15) is 5.52 Å². The zero-order valence-corrected chi connectivity index (χ0v) is 14.0. The molecular formula is C14H15ClN4O3S. The minimum Gasteiger partial charge on any atom is -0.501 e. The first-order chi connectivity index (χ1) is 11.0. The predicted molar refractivity (Wildman–Crippen MR) is 92.4 cm³/mol. The first-order valence-electron chi connectivity index (χ1n) is 7.01. The summed E-state index contributed by atoms with van der Waals surface area (Å²) >= 11 is 7.97. The number of hydrogen-bond acceptors (Lipinski definition) is 7. The summed E-state index contributed by atoms with van der Waals surface area (Å²) in [5.41, 5.74) is 0.569. The second-order valence-corrected chi connectivity index (χ2v) is 6.42. The van der Waals surface area contributed by atoms with E-state index in [0.717, 1.165) is 31.9 Å².